The van der Waals surface area contributed by atoms with E-state index in [0.717, 1.165) is 88.7 Å². The van der Waals surface area contributed by atoms with Crippen molar-refractivity contribution in [1.29, 1.82) is 0 Å². The highest BCUT2D eigenvalue weighted by Gasteiger charge is 2.45. The number of ketones is 1. The molecule has 0 spiro atoms. The number of hydrogen-bond acceptors (Lipinski definition) is 13. The molecular formula is C56H64F3N11O7S2. The van der Waals surface area contributed by atoms with Crippen LogP contribution in [0.15, 0.2) is 84.6 Å². The Hall–Kier alpha value is -6.76. The summed E-state index contributed by atoms with van der Waals surface area (Å²) in [6.07, 6.45) is 0.998. The SMILES string of the molecule is Cc1ncsc1-c1ccc(CNC(=O)[C@@H]2C[C@@H](O)CN2C(=O)[C@@H](NC(=O)CCN2CC(N3CCN(c4ccc(-c5cnc6[nH]cc(C(=O)c7c(F)ccc(NS(=O)(=O)N8CC[C@@H](F)C8)c7F)c6c5)cc4)CC3)C2)C(C)(C)C)cc1. The van der Waals surface area contributed by atoms with Gasteiger partial charge in [0.05, 0.1) is 33.4 Å². The molecule has 4 fully saturated rings. The van der Waals surface area contributed by atoms with Gasteiger partial charge in [0.1, 0.15) is 29.7 Å². The lowest BCUT2D eigenvalue weighted by Crippen LogP contribution is -2.63. The Morgan fingerprint density at radius 2 is 1.62 bits per heavy atom. The summed E-state index contributed by atoms with van der Waals surface area (Å²) < 4.78 is 73.3. The summed E-state index contributed by atoms with van der Waals surface area (Å²) in [5, 5.41) is 16.9. The number of rotatable bonds is 17. The molecule has 0 aliphatic carbocycles. The first-order valence-electron chi connectivity index (χ1n) is 26.5. The molecular weight excluding hydrogens is 1060 g/mol. The van der Waals surface area contributed by atoms with Crippen LogP contribution in [0.4, 0.5) is 24.5 Å². The molecule has 4 atom stereocenters. The number of fused-ring (bicyclic) bond motifs is 1. The highest BCUT2D eigenvalue weighted by molar-refractivity contribution is 7.90. The topological polar surface area (TPSA) is 217 Å². The second-order valence-electron chi connectivity index (χ2n) is 22.0. The number of aliphatic hydroxyl groups excluding tert-OH is 1. The molecule has 3 aromatic carbocycles. The number of β-amino-alcohol motifs (C(OH)–C–C–N with tert-alkyl or cyclic N) is 1. The van der Waals surface area contributed by atoms with Crippen LogP contribution in [0.3, 0.4) is 0 Å². The Morgan fingerprint density at radius 1 is 0.899 bits per heavy atom. The minimum Gasteiger partial charge on any atom is -0.391 e. The van der Waals surface area contributed by atoms with Gasteiger partial charge in [-0.3, -0.25) is 33.7 Å². The van der Waals surface area contributed by atoms with E-state index in [9.17, 15) is 37.1 Å². The zero-order valence-electron chi connectivity index (χ0n) is 44.3. The van der Waals surface area contributed by atoms with Crippen molar-refractivity contribution in [3.8, 4) is 21.6 Å². The molecule has 5 N–H and O–H groups in total. The first-order chi connectivity index (χ1) is 37.7. The summed E-state index contributed by atoms with van der Waals surface area (Å²) in [6, 6.07) is 17.7. The van der Waals surface area contributed by atoms with Gasteiger partial charge in [-0.25, -0.2) is 23.1 Å². The molecule has 7 heterocycles. The fourth-order valence-electron chi connectivity index (χ4n) is 10.9. The molecule has 0 bridgehead atoms. The van der Waals surface area contributed by atoms with Gasteiger partial charge in [-0.1, -0.05) is 57.2 Å². The number of carbonyl (C=O) groups excluding carboxylic acids is 4. The minimum atomic E-state index is -4.37. The molecule has 23 heteroatoms. The number of H-pyrrole nitrogens is 1. The summed E-state index contributed by atoms with van der Waals surface area (Å²) >= 11 is 1.57. The van der Waals surface area contributed by atoms with Crippen molar-refractivity contribution in [2.24, 2.45) is 5.41 Å². The summed E-state index contributed by atoms with van der Waals surface area (Å²) in [5.74, 6) is -4.62. The second-order valence-corrected chi connectivity index (χ2v) is 24.5. The number of piperazine rings is 1. The van der Waals surface area contributed by atoms with E-state index in [1.54, 1.807) is 23.6 Å². The number of alkyl halides is 1. The van der Waals surface area contributed by atoms with Gasteiger partial charge in [-0.15, -0.1) is 11.3 Å². The third-order valence-corrected chi connectivity index (χ3v) is 17.9. The van der Waals surface area contributed by atoms with Crippen LogP contribution < -0.4 is 20.3 Å². The number of thiazole rings is 1. The van der Waals surface area contributed by atoms with Crippen LogP contribution in [0.5, 0.6) is 0 Å². The van der Waals surface area contributed by atoms with Crippen LogP contribution in [0, 0.1) is 24.0 Å². The smallest absolute Gasteiger partial charge is 0.301 e. The fourth-order valence-corrected chi connectivity index (χ4v) is 13.0. The van der Waals surface area contributed by atoms with Gasteiger partial charge in [0.25, 0.3) is 0 Å². The van der Waals surface area contributed by atoms with Crippen LogP contribution in [0.2, 0.25) is 0 Å². The lowest BCUT2D eigenvalue weighted by Gasteiger charge is -2.48. The number of aromatic nitrogens is 3. The molecule has 4 aliphatic rings. The summed E-state index contributed by atoms with van der Waals surface area (Å²) in [6.45, 7) is 12.8. The summed E-state index contributed by atoms with van der Waals surface area (Å²) in [7, 11) is -4.37. The number of aromatic amines is 1. The number of pyridine rings is 1. The number of likely N-dealkylation sites (tertiary alicyclic amines) is 2. The van der Waals surface area contributed by atoms with E-state index in [2.05, 4.69) is 40.3 Å². The lowest BCUT2D eigenvalue weighted by atomic mass is 9.85. The number of amides is 3. The van der Waals surface area contributed by atoms with Crippen LogP contribution in [0.1, 0.15) is 67.2 Å². The van der Waals surface area contributed by atoms with E-state index in [1.165, 1.54) is 11.1 Å². The van der Waals surface area contributed by atoms with E-state index >= 15 is 8.78 Å². The molecule has 79 heavy (non-hydrogen) atoms. The van der Waals surface area contributed by atoms with Crippen molar-refractivity contribution in [2.75, 3.05) is 75.1 Å². The zero-order chi connectivity index (χ0) is 55.9. The largest absolute Gasteiger partial charge is 0.391 e. The third kappa shape index (κ3) is 12.1. The standard InChI is InChI=1S/C56H64F3N11O7S2/c1-33-51(78-32-63-33)36-7-5-34(6-8-36)25-62-54(74)46-24-41(71)31-70(46)55(75)52(56(2,3)4)64-47(72)16-17-66-29-40(30-66)68-21-19-67(20-22-68)39-11-9-35(10-12-39)37-23-42-43(27-61-53(42)60-26-37)50(73)48-44(58)13-14-45(49(48)59)65-79(76,77)69-18-15-38(57)28-69/h5-14,23,26-27,32,38,40-41,46,52,65,71H,15-22,24-25,28-31H2,1-4H3,(H,60,61)(H,62,74)(H,64,72)/t38-,41-,46+,52-/m1/s1. The first-order valence-corrected chi connectivity index (χ1v) is 28.8. The van der Waals surface area contributed by atoms with Crippen LogP contribution in [0.25, 0.3) is 32.6 Å². The van der Waals surface area contributed by atoms with E-state index in [1.807, 2.05) is 86.5 Å². The molecule has 6 aromatic rings. The van der Waals surface area contributed by atoms with Crippen molar-refractivity contribution in [3.05, 3.63) is 119 Å². The Balaban J connectivity index is 0.682. The van der Waals surface area contributed by atoms with Crippen molar-refractivity contribution in [2.45, 2.75) is 83.9 Å². The first kappa shape index (κ1) is 55.6. The fraction of sp³-hybridized carbons (Fsp3) is 0.429. The number of halogens is 3. The quantitative estimate of drug-likeness (QED) is 0.0678. The maximum absolute atomic E-state index is 15.8. The van der Waals surface area contributed by atoms with Gasteiger partial charge < -0.3 is 30.5 Å². The van der Waals surface area contributed by atoms with Crippen molar-refractivity contribution < 1.29 is 45.9 Å². The second kappa shape index (κ2) is 22.8. The van der Waals surface area contributed by atoms with Crippen LogP contribution in [-0.4, -0.2) is 167 Å². The Morgan fingerprint density at radius 3 is 2.29 bits per heavy atom. The highest BCUT2D eigenvalue weighted by atomic mass is 32.2. The van der Waals surface area contributed by atoms with Gasteiger partial charge in [-0.05, 0) is 65.8 Å². The molecule has 18 nitrogen and oxygen atoms in total. The van der Waals surface area contributed by atoms with E-state index in [-0.39, 0.29) is 56.3 Å². The summed E-state index contributed by atoms with van der Waals surface area (Å²) in [5.41, 5.74) is 5.16. The Kier molecular flexibility index (Phi) is 16.0. The molecule has 418 valence electrons. The average molecular weight is 1120 g/mol. The predicted octanol–water partition coefficient (Wildman–Crippen LogP) is 5.88. The van der Waals surface area contributed by atoms with Crippen LogP contribution in [-0.2, 0) is 31.1 Å². The molecule has 4 aliphatic heterocycles. The van der Waals surface area contributed by atoms with Gasteiger partial charge in [-0.2, -0.15) is 12.7 Å². The number of aryl methyl sites for hydroxylation is 1. The van der Waals surface area contributed by atoms with Crippen molar-refractivity contribution >= 4 is 67.5 Å². The molecule has 3 amide bonds. The monoisotopic (exact) mass is 1120 g/mol. The molecule has 0 radical (unpaired) electrons. The van der Waals surface area contributed by atoms with Crippen molar-refractivity contribution in [3.63, 3.8) is 0 Å². The maximum atomic E-state index is 15.8. The van der Waals surface area contributed by atoms with E-state index in [4.69, 9.17) is 0 Å². The predicted molar refractivity (Wildman–Crippen MR) is 295 cm³/mol. The average Bonchev–Trinajstić information content (AvgIpc) is 4.35. The molecule has 10 rings (SSSR count). The number of nitrogens with one attached hydrogen (secondary N) is 4. The van der Waals surface area contributed by atoms with Gasteiger partial charge >= 0.3 is 10.2 Å². The molecule has 3 aromatic heterocycles. The number of nitrogens with zero attached hydrogens (tertiary/aromatic N) is 7. The molecule has 0 saturated carbocycles. The number of hydrogen-bond donors (Lipinski definition) is 5. The molecule has 0 unspecified atom stereocenters. The summed E-state index contributed by atoms with van der Waals surface area (Å²) in [4.78, 5) is 76.2. The van der Waals surface area contributed by atoms with Gasteiger partial charge in [0.15, 0.2) is 5.82 Å². The third-order valence-electron chi connectivity index (χ3n) is 15.5. The highest BCUT2D eigenvalue weighted by Crippen LogP contribution is 2.33. The van der Waals surface area contributed by atoms with Crippen LogP contribution >= 0.6 is 11.3 Å². The van der Waals surface area contributed by atoms with Gasteiger partial charge in [0.2, 0.25) is 23.5 Å². The number of aliphatic hydroxyl groups is 1. The maximum Gasteiger partial charge on any atom is 0.301 e. The van der Waals surface area contributed by atoms with Gasteiger partial charge in [0, 0.05) is 125 Å². The minimum absolute atomic E-state index is 0.00422. The zero-order valence-corrected chi connectivity index (χ0v) is 46.0. The normalized spacial score (nSPS) is 20.1. The Bertz CT molecular complexity index is 3360. The number of carbonyl (C=O) groups is 4. The lowest BCUT2D eigenvalue weighted by molar-refractivity contribution is -0.144. The van der Waals surface area contributed by atoms with E-state index < -0.39 is 81.1 Å². The Labute approximate surface area is 460 Å². The number of benzene rings is 3. The number of anilines is 2. The molecule has 4 saturated heterocycles. The van der Waals surface area contributed by atoms with E-state index in [0.29, 0.717) is 29.2 Å². The van der Waals surface area contributed by atoms with Crippen molar-refractivity contribution in [1.82, 2.24) is 44.6 Å².